The van der Waals surface area contributed by atoms with Crippen LogP contribution in [0.4, 0.5) is 17.2 Å². The van der Waals surface area contributed by atoms with Crippen molar-refractivity contribution in [3.8, 4) is 0 Å². The minimum atomic E-state index is -4.03. The molecule has 1 aromatic heterocycles. The number of benzene rings is 3. The molecule has 18 heteroatoms. The number of carbonyl (C=O) groups excluding carboxylic acids is 4. The molecule has 0 atom stereocenters. The number of piperidine rings is 1. The molecule has 66 heavy (non-hydrogen) atoms. The van der Waals surface area contributed by atoms with Crippen molar-refractivity contribution in [2.45, 2.75) is 82.3 Å². The molecule has 4 aromatic rings. The zero-order chi connectivity index (χ0) is 47.2. The van der Waals surface area contributed by atoms with Crippen LogP contribution in [0.15, 0.2) is 89.8 Å². The molecule has 2 aliphatic rings. The number of rotatable bonds is 20. The summed E-state index contributed by atoms with van der Waals surface area (Å²) >= 11 is 0. The van der Waals surface area contributed by atoms with Crippen LogP contribution >= 0.6 is 0 Å². The van der Waals surface area contributed by atoms with Gasteiger partial charge in [0.15, 0.2) is 5.69 Å². The topological polar surface area (TPSA) is 231 Å². The molecule has 352 valence electrons. The summed E-state index contributed by atoms with van der Waals surface area (Å²) in [5.41, 5.74) is 3.21. The van der Waals surface area contributed by atoms with Gasteiger partial charge < -0.3 is 36.4 Å². The lowest BCUT2D eigenvalue weighted by Gasteiger charge is -2.34. The summed E-state index contributed by atoms with van der Waals surface area (Å²) in [6.45, 7) is 4.90. The Balaban J connectivity index is 1.09. The monoisotopic (exact) mass is 924 g/mol. The molecule has 2 fully saturated rings. The van der Waals surface area contributed by atoms with Crippen molar-refractivity contribution in [3.63, 3.8) is 0 Å². The maximum atomic E-state index is 14.0. The normalized spacial score (nSPS) is 16.4. The standard InChI is InChI=1S/C48H60N8O9S/c1-3-56(39-20-16-36(17-21-39)48(62)63)66(64,65)40-9-7-8-37(30-40)46(60)52-41-22-23-42(55-27-5-4-6-28-55)53-44(41)47(61)51-38-18-12-34(13-19-38)32-54(2)31-33-10-14-35(15-11-33)45(59)50-25-24-43(58)49-26-29-57/h7-15,18-19,22-23,30,36,39,57H,3-6,16-17,20-21,24-29,31-32H2,1-2H3,(H,49,58)(H,50,59)(H,51,61)(H,52,60)(H,62,63). The first-order chi connectivity index (χ1) is 31.7. The number of anilines is 3. The van der Waals surface area contributed by atoms with Crippen molar-refractivity contribution >= 4 is 56.8 Å². The highest BCUT2D eigenvalue weighted by Gasteiger charge is 2.35. The lowest BCUT2D eigenvalue weighted by molar-refractivity contribution is -0.143. The molecule has 6 N–H and O–H groups in total. The van der Waals surface area contributed by atoms with Crippen LogP contribution in [0.2, 0.25) is 0 Å². The number of hydrogen-bond acceptors (Lipinski definition) is 11. The number of aliphatic hydroxyl groups is 1. The zero-order valence-corrected chi connectivity index (χ0v) is 38.3. The molecule has 3 aromatic carbocycles. The van der Waals surface area contributed by atoms with E-state index in [1.807, 2.05) is 31.3 Å². The van der Waals surface area contributed by atoms with E-state index in [0.29, 0.717) is 55.8 Å². The number of nitrogens with zero attached hydrogens (tertiary/aromatic N) is 4. The van der Waals surface area contributed by atoms with Gasteiger partial charge in [0.05, 0.1) is 23.1 Å². The second kappa shape index (κ2) is 23.3. The largest absolute Gasteiger partial charge is 0.481 e. The average molecular weight is 925 g/mol. The van der Waals surface area contributed by atoms with Gasteiger partial charge in [-0.15, -0.1) is 0 Å². The third kappa shape index (κ3) is 13.2. The lowest BCUT2D eigenvalue weighted by Crippen LogP contribution is -2.42. The van der Waals surface area contributed by atoms with Crippen LogP contribution in [-0.2, 0) is 32.7 Å². The van der Waals surface area contributed by atoms with E-state index in [4.69, 9.17) is 10.1 Å². The third-order valence-electron chi connectivity index (χ3n) is 11.9. The molecule has 1 saturated heterocycles. The summed E-state index contributed by atoms with van der Waals surface area (Å²) in [5.74, 6) is -2.45. The molecule has 1 saturated carbocycles. The summed E-state index contributed by atoms with van der Waals surface area (Å²) in [4.78, 5) is 72.5. The fourth-order valence-electron chi connectivity index (χ4n) is 8.38. The number of sulfonamides is 1. The zero-order valence-electron chi connectivity index (χ0n) is 37.5. The van der Waals surface area contributed by atoms with E-state index in [1.54, 1.807) is 43.3 Å². The van der Waals surface area contributed by atoms with Crippen molar-refractivity contribution in [3.05, 3.63) is 113 Å². The van der Waals surface area contributed by atoms with E-state index in [9.17, 15) is 37.5 Å². The maximum absolute atomic E-state index is 14.0. The van der Waals surface area contributed by atoms with Crippen molar-refractivity contribution in [1.82, 2.24) is 24.8 Å². The number of carboxylic acids is 1. The number of hydrogen-bond donors (Lipinski definition) is 6. The molecular formula is C48H60N8O9S. The number of pyridine rings is 1. The average Bonchev–Trinajstić information content (AvgIpc) is 3.32. The smallest absolute Gasteiger partial charge is 0.306 e. The summed E-state index contributed by atoms with van der Waals surface area (Å²) in [7, 11) is -2.06. The molecule has 4 amide bonds. The van der Waals surface area contributed by atoms with Crippen LogP contribution in [0.25, 0.3) is 0 Å². The Hall–Kier alpha value is -6.21. The van der Waals surface area contributed by atoms with Crippen LogP contribution in [0.3, 0.4) is 0 Å². The Kier molecular flexibility index (Phi) is 17.4. The summed E-state index contributed by atoms with van der Waals surface area (Å²) < 4.78 is 29.3. The number of carboxylic acid groups (broad SMARTS) is 1. The summed E-state index contributed by atoms with van der Waals surface area (Å²) in [6.07, 6.45) is 4.84. The minimum absolute atomic E-state index is 0.00160. The van der Waals surface area contributed by atoms with E-state index in [1.165, 1.54) is 28.6 Å². The van der Waals surface area contributed by atoms with E-state index >= 15 is 0 Å². The fraction of sp³-hybridized carbons (Fsp3) is 0.417. The Morgan fingerprint density at radius 2 is 1.42 bits per heavy atom. The van der Waals surface area contributed by atoms with Crippen LogP contribution < -0.4 is 26.2 Å². The van der Waals surface area contributed by atoms with Gasteiger partial charge in [0.25, 0.3) is 17.7 Å². The maximum Gasteiger partial charge on any atom is 0.306 e. The molecule has 17 nitrogen and oxygen atoms in total. The summed E-state index contributed by atoms with van der Waals surface area (Å²) in [6, 6.07) is 23.4. The Morgan fingerprint density at radius 3 is 2.06 bits per heavy atom. The Bertz CT molecular complexity index is 2440. The van der Waals surface area contributed by atoms with E-state index in [0.717, 1.165) is 43.5 Å². The molecule has 1 aliphatic heterocycles. The van der Waals surface area contributed by atoms with Gasteiger partial charge in [-0.2, -0.15) is 4.31 Å². The van der Waals surface area contributed by atoms with E-state index in [-0.39, 0.29) is 72.4 Å². The van der Waals surface area contributed by atoms with Gasteiger partial charge in [0, 0.05) is 75.1 Å². The van der Waals surface area contributed by atoms with Gasteiger partial charge in [-0.1, -0.05) is 37.3 Å². The predicted octanol–water partition coefficient (Wildman–Crippen LogP) is 5.09. The molecule has 0 bridgehead atoms. The molecule has 0 unspecified atom stereocenters. The number of nitrogens with one attached hydrogen (secondary N) is 4. The van der Waals surface area contributed by atoms with E-state index in [2.05, 4.69) is 31.1 Å². The van der Waals surface area contributed by atoms with Gasteiger partial charge in [-0.3, -0.25) is 28.9 Å². The van der Waals surface area contributed by atoms with Crippen molar-refractivity contribution in [1.29, 1.82) is 0 Å². The van der Waals surface area contributed by atoms with Crippen LogP contribution in [-0.4, -0.2) is 115 Å². The molecule has 2 heterocycles. The number of amides is 4. The quantitative estimate of drug-likeness (QED) is 0.0681. The van der Waals surface area contributed by atoms with Crippen LogP contribution in [0.5, 0.6) is 0 Å². The lowest BCUT2D eigenvalue weighted by atomic mass is 9.86. The van der Waals surface area contributed by atoms with Gasteiger partial charge in [0.1, 0.15) is 5.82 Å². The third-order valence-corrected chi connectivity index (χ3v) is 13.9. The first-order valence-corrected chi connectivity index (χ1v) is 23.9. The second-order valence-electron chi connectivity index (χ2n) is 16.7. The van der Waals surface area contributed by atoms with Gasteiger partial charge in [-0.05, 0) is 118 Å². The molecule has 0 radical (unpaired) electrons. The molecule has 6 rings (SSSR count). The highest BCUT2D eigenvalue weighted by molar-refractivity contribution is 7.89. The Morgan fingerprint density at radius 1 is 0.758 bits per heavy atom. The van der Waals surface area contributed by atoms with Crippen LogP contribution in [0, 0.1) is 5.92 Å². The molecular weight excluding hydrogens is 865 g/mol. The second-order valence-corrected chi connectivity index (χ2v) is 18.6. The van der Waals surface area contributed by atoms with E-state index < -0.39 is 33.7 Å². The van der Waals surface area contributed by atoms with Crippen LogP contribution in [0.1, 0.15) is 101 Å². The van der Waals surface area contributed by atoms with Crippen molar-refractivity contribution < 1.29 is 42.6 Å². The van der Waals surface area contributed by atoms with Crippen molar-refractivity contribution in [2.75, 3.05) is 61.9 Å². The van der Waals surface area contributed by atoms with Gasteiger partial charge in [0.2, 0.25) is 15.9 Å². The SMILES string of the molecule is CCN(C1CCC(C(=O)O)CC1)S(=O)(=O)c1cccc(C(=O)Nc2ccc(N3CCCCC3)nc2C(=O)Nc2ccc(CN(C)Cc3ccc(C(=O)NCCC(=O)NCCO)cc3)cc2)c1. The highest BCUT2D eigenvalue weighted by atomic mass is 32.2. The summed E-state index contributed by atoms with van der Waals surface area (Å²) in [5, 5.41) is 29.3. The van der Waals surface area contributed by atoms with Crippen molar-refractivity contribution in [2.24, 2.45) is 5.92 Å². The molecule has 1 aliphatic carbocycles. The van der Waals surface area contributed by atoms with Gasteiger partial charge in [-0.25, -0.2) is 13.4 Å². The van der Waals surface area contributed by atoms with Gasteiger partial charge >= 0.3 is 5.97 Å². The first kappa shape index (κ1) is 49.2. The fourth-order valence-corrected chi connectivity index (χ4v) is 10.1. The minimum Gasteiger partial charge on any atom is -0.481 e. The number of aliphatic hydroxyl groups excluding tert-OH is 1. The number of carbonyl (C=O) groups is 5. The highest BCUT2D eigenvalue weighted by Crippen LogP contribution is 2.32. The first-order valence-electron chi connectivity index (χ1n) is 22.5. The predicted molar refractivity (Wildman–Crippen MR) is 251 cm³/mol. The number of aliphatic carboxylic acids is 1. The Labute approximate surface area is 386 Å². The molecule has 0 spiro atoms. The number of aromatic nitrogens is 1.